The van der Waals surface area contributed by atoms with Crippen molar-refractivity contribution in [2.45, 2.75) is 26.4 Å². The van der Waals surface area contributed by atoms with Crippen LogP contribution in [0.15, 0.2) is 83.9 Å². The highest BCUT2D eigenvalue weighted by atomic mass is 19.3. The van der Waals surface area contributed by atoms with Gasteiger partial charge in [0.25, 0.3) is 0 Å². The Kier molecular flexibility index (Phi) is 7.61. The van der Waals surface area contributed by atoms with Crippen molar-refractivity contribution in [3.8, 4) is 17.7 Å². The first-order valence-electron chi connectivity index (χ1n) is 11.5. The summed E-state index contributed by atoms with van der Waals surface area (Å²) in [6, 6.07) is 15.2. The van der Waals surface area contributed by atoms with Gasteiger partial charge in [-0.2, -0.15) is 13.8 Å². The van der Waals surface area contributed by atoms with Crippen molar-refractivity contribution in [2.75, 3.05) is 6.61 Å². The molecule has 0 saturated heterocycles. The van der Waals surface area contributed by atoms with Gasteiger partial charge < -0.3 is 19.4 Å². The Bertz CT molecular complexity index is 1440. The summed E-state index contributed by atoms with van der Waals surface area (Å²) in [5.41, 5.74) is 1.95. The molecule has 37 heavy (non-hydrogen) atoms. The number of nitrogens with one attached hydrogen (secondary N) is 1. The van der Waals surface area contributed by atoms with E-state index >= 15 is 0 Å². The molecule has 4 aromatic rings. The van der Waals surface area contributed by atoms with E-state index in [1.165, 1.54) is 30.3 Å². The van der Waals surface area contributed by atoms with Gasteiger partial charge >= 0.3 is 18.0 Å². The summed E-state index contributed by atoms with van der Waals surface area (Å²) >= 11 is 0. The lowest BCUT2D eigenvalue weighted by Gasteiger charge is -2.17. The molecule has 2 aromatic heterocycles. The Hall–Kier alpha value is -4.54. The van der Waals surface area contributed by atoms with Crippen LogP contribution in [0.2, 0.25) is 0 Å². The zero-order valence-electron chi connectivity index (χ0n) is 20.6. The number of allylic oxidation sites excluding steroid dienone is 1. The Morgan fingerprint density at radius 1 is 1.16 bits per heavy atom. The summed E-state index contributed by atoms with van der Waals surface area (Å²) in [6.07, 6.45) is 1.35. The molecule has 0 unspecified atom stereocenters. The molecule has 4 rings (SSSR count). The second kappa shape index (κ2) is 11.0. The van der Waals surface area contributed by atoms with E-state index in [0.717, 1.165) is 11.0 Å². The number of hydrogen-bond donors (Lipinski definition) is 1. The van der Waals surface area contributed by atoms with Gasteiger partial charge in [-0.1, -0.05) is 37.3 Å². The highest BCUT2D eigenvalue weighted by Gasteiger charge is 2.42. The van der Waals surface area contributed by atoms with Crippen LogP contribution in [-0.4, -0.2) is 43.4 Å². The third-order valence-corrected chi connectivity index (χ3v) is 5.14. The first-order valence-corrected chi connectivity index (χ1v) is 11.5. The van der Waals surface area contributed by atoms with Gasteiger partial charge in [-0.15, -0.1) is 0 Å². The van der Waals surface area contributed by atoms with Crippen molar-refractivity contribution in [1.29, 1.82) is 0 Å². The number of para-hydroxylation sites is 3. The van der Waals surface area contributed by atoms with Gasteiger partial charge in [-0.05, 0) is 43.7 Å². The van der Waals surface area contributed by atoms with Crippen LogP contribution < -0.4 is 14.8 Å². The fraction of sp³-hybridized carbons (Fsp3) is 0.231. The van der Waals surface area contributed by atoms with E-state index in [0.29, 0.717) is 18.1 Å². The molecule has 0 aliphatic carbocycles. The molecule has 0 atom stereocenters. The minimum absolute atomic E-state index is 0.0123. The molecule has 0 saturated carbocycles. The number of nitrogens with zero attached hydrogens (tertiary/aromatic N) is 5. The minimum Gasteiger partial charge on any atom is -0.458 e. The molecule has 0 radical (unpaired) electrons. The number of aliphatic imine (C=N–C) groups is 1. The molecule has 11 heteroatoms. The van der Waals surface area contributed by atoms with Crippen molar-refractivity contribution < 1.29 is 23.0 Å². The number of carbonyl (C=O) groups is 1. The van der Waals surface area contributed by atoms with Gasteiger partial charge in [0.2, 0.25) is 5.95 Å². The molecule has 0 aliphatic heterocycles. The zero-order valence-corrected chi connectivity index (χ0v) is 20.6. The summed E-state index contributed by atoms with van der Waals surface area (Å²) in [6.45, 7) is 3.44. The number of aromatic nitrogens is 4. The van der Waals surface area contributed by atoms with Crippen molar-refractivity contribution in [3.63, 3.8) is 0 Å². The number of rotatable bonds is 10. The lowest BCUT2D eigenvalue weighted by atomic mass is 10.3. The molecule has 2 aromatic carbocycles. The third kappa shape index (κ3) is 6.00. The van der Waals surface area contributed by atoms with Crippen LogP contribution in [0.4, 0.5) is 8.78 Å². The maximum absolute atomic E-state index is 14.4. The lowest BCUT2D eigenvalue weighted by molar-refractivity contribution is -0.192. The highest BCUT2D eigenvalue weighted by molar-refractivity contribution is 5.87. The maximum Gasteiger partial charge on any atom is 0.482 e. The van der Waals surface area contributed by atoms with Crippen LogP contribution in [0.3, 0.4) is 0 Å². The average molecular weight is 509 g/mol. The minimum atomic E-state index is -4.10. The van der Waals surface area contributed by atoms with Gasteiger partial charge in [-0.3, -0.25) is 4.79 Å². The van der Waals surface area contributed by atoms with Crippen molar-refractivity contribution in [1.82, 2.24) is 24.4 Å². The van der Waals surface area contributed by atoms with Gasteiger partial charge in [-0.25, -0.2) is 14.5 Å². The topological polar surface area (TPSA) is 95.6 Å². The van der Waals surface area contributed by atoms with E-state index in [2.05, 4.69) is 25.0 Å². The SMILES string of the molecule is CC/C=C(\N=C(C)COc1nc2ccccc2n1-c1nccn1C)NC(=O)C(F)(F)Oc1ccccc1. The first kappa shape index (κ1) is 25.5. The van der Waals surface area contributed by atoms with Crippen LogP contribution in [-0.2, 0) is 11.8 Å². The van der Waals surface area contributed by atoms with Gasteiger partial charge in [0, 0.05) is 19.4 Å². The van der Waals surface area contributed by atoms with E-state index in [9.17, 15) is 13.6 Å². The van der Waals surface area contributed by atoms with Gasteiger partial charge in [0.1, 0.15) is 18.2 Å². The first-order chi connectivity index (χ1) is 17.8. The normalized spacial score (nSPS) is 12.6. The molecule has 192 valence electrons. The Morgan fingerprint density at radius 2 is 1.89 bits per heavy atom. The Balaban J connectivity index is 1.49. The van der Waals surface area contributed by atoms with Crippen molar-refractivity contribution >= 4 is 22.7 Å². The molecule has 1 N–H and O–H groups in total. The molecule has 2 heterocycles. The number of imidazole rings is 2. The molecule has 9 nitrogen and oxygen atoms in total. The molecule has 0 fully saturated rings. The Labute approximate surface area is 212 Å². The number of carbonyl (C=O) groups excluding carboxylic acids is 1. The summed E-state index contributed by atoms with van der Waals surface area (Å²) in [5, 5.41) is 2.14. The van der Waals surface area contributed by atoms with E-state index in [-0.39, 0.29) is 24.2 Å². The van der Waals surface area contributed by atoms with Crippen LogP contribution in [0.25, 0.3) is 17.0 Å². The third-order valence-electron chi connectivity index (χ3n) is 5.14. The smallest absolute Gasteiger partial charge is 0.458 e. The molecular formula is C26H26F2N6O3. The largest absolute Gasteiger partial charge is 0.482 e. The van der Waals surface area contributed by atoms with Crippen molar-refractivity contribution in [3.05, 3.63) is 78.9 Å². The quantitative estimate of drug-likeness (QED) is 0.315. The predicted octanol–water partition coefficient (Wildman–Crippen LogP) is 4.64. The van der Waals surface area contributed by atoms with Crippen LogP contribution in [0.5, 0.6) is 11.8 Å². The molecule has 1 amide bonds. The number of hydrogen-bond acceptors (Lipinski definition) is 6. The summed E-state index contributed by atoms with van der Waals surface area (Å²) < 4.78 is 42.9. The zero-order chi connectivity index (χ0) is 26.4. The molecule has 0 bridgehead atoms. The van der Waals surface area contributed by atoms with E-state index in [4.69, 9.17) is 4.74 Å². The molecular weight excluding hydrogens is 482 g/mol. The number of aryl methyl sites for hydroxylation is 1. The monoisotopic (exact) mass is 508 g/mol. The van der Waals surface area contributed by atoms with Gasteiger partial charge in [0.15, 0.2) is 0 Å². The number of halogens is 2. The summed E-state index contributed by atoms with van der Waals surface area (Å²) in [7, 11) is 1.86. The van der Waals surface area contributed by atoms with E-state index < -0.39 is 12.0 Å². The summed E-state index contributed by atoms with van der Waals surface area (Å²) in [4.78, 5) is 25.5. The van der Waals surface area contributed by atoms with Gasteiger partial charge in [0.05, 0.1) is 16.7 Å². The number of alkyl halides is 2. The van der Waals surface area contributed by atoms with Crippen LogP contribution in [0.1, 0.15) is 20.3 Å². The maximum atomic E-state index is 14.4. The second-order valence-electron chi connectivity index (χ2n) is 8.08. The lowest BCUT2D eigenvalue weighted by Crippen LogP contribution is -2.43. The van der Waals surface area contributed by atoms with Crippen LogP contribution in [0, 0.1) is 0 Å². The van der Waals surface area contributed by atoms with E-state index in [1.807, 2.05) is 42.1 Å². The highest BCUT2D eigenvalue weighted by Crippen LogP contribution is 2.25. The van der Waals surface area contributed by atoms with Crippen molar-refractivity contribution in [2.24, 2.45) is 12.0 Å². The Morgan fingerprint density at radius 3 is 2.59 bits per heavy atom. The van der Waals surface area contributed by atoms with Crippen LogP contribution >= 0.6 is 0 Å². The fourth-order valence-corrected chi connectivity index (χ4v) is 3.46. The number of benzene rings is 2. The number of fused-ring (bicyclic) bond motifs is 1. The number of amides is 1. The average Bonchev–Trinajstić information content (AvgIpc) is 3.45. The fourth-order valence-electron chi connectivity index (χ4n) is 3.46. The molecule has 0 spiro atoms. The standard InChI is InChI=1S/C26H26F2N6O3/c1-4-10-22(32-23(35)26(27,28)37-19-11-6-5-7-12-19)30-18(2)17-36-25-31-20-13-8-9-14-21(20)34(25)24-29-15-16-33(24)3/h5-16H,4,17H2,1-3H3,(H,32,35)/b22-10+,30-18?. The summed E-state index contributed by atoms with van der Waals surface area (Å²) in [5.74, 6) is -1.20. The predicted molar refractivity (Wildman–Crippen MR) is 135 cm³/mol. The van der Waals surface area contributed by atoms with E-state index in [1.54, 1.807) is 30.7 Å². The number of ether oxygens (including phenoxy) is 2. The molecule has 0 aliphatic rings. The second-order valence-corrected chi connectivity index (χ2v) is 8.08.